The van der Waals surface area contributed by atoms with E-state index < -0.39 is 0 Å². The van der Waals surface area contributed by atoms with Crippen LogP contribution in [0.3, 0.4) is 0 Å². The summed E-state index contributed by atoms with van der Waals surface area (Å²) in [5, 5.41) is 3.35. The van der Waals surface area contributed by atoms with Crippen molar-refractivity contribution in [2.45, 2.75) is 78.3 Å². The third-order valence-electron chi connectivity index (χ3n) is 3.87. The summed E-state index contributed by atoms with van der Waals surface area (Å²) in [6.45, 7) is 9.62. The van der Waals surface area contributed by atoms with E-state index in [4.69, 9.17) is 0 Å². The Bertz CT molecular complexity index is 253. The van der Waals surface area contributed by atoms with Gasteiger partial charge in [0.25, 0.3) is 0 Å². The van der Waals surface area contributed by atoms with E-state index in [1.54, 1.807) is 0 Å². The van der Waals surface area contributed by atoms with E-state index in [1.807, 2.05) is 4.90 Å². The molecule has 0 saturated carbocycles. The highest BCUT2D eigenvalue weighted by Gasteiger charge is 2.32. The summed E-state index contributed by atoms with van der Waals surface area (Å²) < 4.78 is 0. The third kappa shape index (κ3) is 4.60. The second kappa shape index (κ2) is 7.78. The lowest BCUT2D eigenvalue weighted by Crippen LogP contribution is -2.36. The third-order valence-corrected chi connectivity index (χ3v) is 3.87. The Labute approximate surface area is 112 Å². The quantitative estimate of drug-likeness (QED) is 0.721. The highest BCUT2D eigenvalue weighted by atomic mass is 16.2. The molecule has 3 heteroatoms. The summed E-state index contributed by atoms with van der Waals surface area (Å²) in [4.78, 5) is 14.2. The summed E-state index contributed by atoms with van der Waals surface area (Å²) in [6.07, 6.45) is 6.91. The van der Waals surface area contributed by atoms with Crippen LogP contribution in [0.15, 0.2) is 0 Å². The Hall–Kier alpha value is -0.570. The first kappa shape index (κ1) is 15.5. The van der Waals surface area contributed by atoms with Gasteiger partial charge in [0.2, 0.25) is 5.91 Å². The molecular formula is C15H30N2O. The predicted molar refractivity (Wildman–Crippen MR) is 76.3 cm³/mol. The van der Waals surface area contributed by atoms with Crippen LogP contribution in [0.2, 0.25) is 0 Å². The molecule has 1 aliphatic heterocycles. The van der Waals surface area contributed by atoms with E-state index in [0.717, 1.165) is 38.3 Å². The SMILES string of the molecule is CCCCC1NCN(C(C)CCCC(C)C)C1=O. The molecule has 0 aromatic heterocycles. The zero-order valence-electron chi connectivity index (χ0n) is 12.5. The number of amides is 1. The van der Waals surface area contributed by atoms with Crippen molar-refractivity contribution in [2.75, 3.05) is 6.67 Å². The Kier molecular flexibility index (Phi) is 6.69. The summed E-state index contributed by atoms with van der Waals surface area (Å²) in [5.74, 6) is 1.09. The molecule has 0 bridgehead atoms. The van der Waals surface area contributed by atoms with Gasteiger partial charge in [-0.15, -0.1) is 0 Å². The summed E-state index contributed by atoms with van der Waals surface area (Å²) in [6, 6.07) is 0.466. The molecule has 0 spiro atoms. The van der Waals surface area contributed by atoms with Crippen molar-refractivity contribution in [3.05, 3.63) is 0 Å². The predicted octanol–water partition coefficient (Wildman–Crippen LogP) is 3.15. The van der Waals surface area contributed by atoms with Gasteiger partial charge < -0.3 is 4.90 Å². The van der Waals surface area contributed by atoms with Gasteiger partial charge in [0, 0.05) is 6.04 Å². The molecule has 0 radical (unpaired) electrons. The summed E-state index contributed by atoms with van der Waals surface area (Å²) in [5.41, 5.74) is 0. The number of nitrogens with zero attached hydrogens (tertiary/aromatic N) is 1. The van der Waals surface area contributed by atoms with E-state index in [9.17, 15) is 4.79 Å². The molecule has 1 rings (SSSR count). The minimum atomic E-state index is 0.0810. The molecule has 1 aliphatic rings. The van der Waals surface area contributed by atoms with Crippen LogP contribution in [0.25, 0.3) is 0 Å². The number of rotatable bonds is 8. The molecule has 106 valence electrons. The monoisotopic (exact) mass is 254 g/mol. The maximum absolute atomic E-state index is 12.2. The molecule has 2 atom stereocenters. The van der Waals surface area contributed by atoms with Gasteiger partial charge in [-0.1, -0.05) is 46.5 Å². The van der Waals surface area contributed by atoms with E-state index >= 15 is 0 Å². The van der Waals surface area contributed by atoms with Crippen LogP contribution in [-0.4, -0.2) is 29.6 Å². The van der Waals surface area contributed by atoms with Crippen LogP contribution in [0, 0.1) is 5.92 Å². The first-order valence-electron chi connectivity index (χ1n) is 7.60. The smallest absolute Gasteiger partial charge is 0.241 e. The minimum Gasteiger partial charge on any atom is -0.326 e. The Morgan fingerprint density at radius 3 is 2.61 bits per heavy atom. The molecule has 3 nitrogen and oxygen atoms in total. The van der Waals surface area contributed by atoms with Crippen LogP contribution in [0.1, 0.15) is 66.2 Å². The molecule has 0 aromatic carbocycles. The van der Waals surface area contributed by atoms with Crippen LogP contribution in [0.5, 0.6) is 0 Å². The number of carbonyl (C=O) groups is 1. The van der Waals surface area contributed by atoms with Gasteiger partial charge in [-0.3, -0.25) is 10.1 Å². The molecule has 1 fully saturated rings. The molecular weight excluding hydrogens is 224 g/mol. The first-order chi connectivity index (χ1) is 8.56. The van der Waals surface area contributed by atoms with Crippen LogP contribution < -0.4 is 5.32 Å². The van der Waals surface area contributed by atoms with Crippen molar-refractivity contribution in [3.8, 4) is 0 Å². The van der Waals surface area contributed by atoms with Crippen molar-refractivity contribution in [1.29, 1.82) is 0 Å². The Morgan fingerprint density at radius 2 is 2.00 bits per heavy atom. The fraction of sp³-hybridized carbons (Fsp3) is 0.933. The molecule has 2 unspecified atom stereocenters. The lowest BCUT2D eigenvalue weighted by molar-refractivity contribution is -0.130. The Morgan fingerprint density at radius 1 is 1.28 bits per heavy atom. The van der Waals surface area contributed by atoms with Gasteiger partial charge in [-0.25, -0.2) is 0 Å². The largest absolute Gasteiger partial charge is 0.326 e. The first-order valence-corrected chi connectivity index (χ1v) is 7.60. The van der Waals surface area contributed by atoms with E-state index in [0.29, 0.717) is 11.9 Å². The van der Waals surface area contributed by atoms with Gasteiger partial charge >= 0.3 is 0 Å². The second-order valence-electron chi connectivity index (χ2n) is 6.04. The van der Waals surface area contributed by atoms with Crippen molar-refractivity contribution in [3.63, 3.8) is 0 Å². The summed E-state index contributed by atoms with van der Waals surface area (Å²) >= 11 is 0. The standard InChI is InChI=1S/C15H30N2O/c1-5-6-10-14-15(18)17(11-16-14)13(4)9-7-8-12(2)3/h12-14,16H,5-11H2,1-4H3. The average molecular weight is 254 g/mol. The second-order valence-corrected chi connectivity index (χ2v) is 6.04. The van der Waals surface area contributed by atoms with Gasteiger partial charge in [-0.2, -0.15) is 0 Å². The molecule has 0 aromatic rings. The van der Waals surface area contributed by atoms with Gasteiger partial charge in [0.1, 0.15) is 0 Å². The highest BCUT2D eigenvalue weighted by Crippen LogP contribution is 2.17. The zero-order chi connectivity index (χ0) is 13.5. The zero-order valence-corrected chi connectivity index (χ0v) is 12.5. The normalized spacial score (nSPS) is 21.9. The lowest BCUT2D eigenvalue weighted by atomic mass is 10.0. The molecule has 18 heavy (non-hydrogen) atoms. The van der Waals surface area contributed by atoms with Crippen LogP contribution in [-0.2, 0) is 4.79 Å². The lowest BCUT2D eigenvalue weighted by Gasteiger charge is -2.24. The fourth-order valence-electron chi connectivity index (χ4n) is 2.56. The van der Waals surface area contributed by atoms with Gasteiger partial charge in [-0.05, 0) is 25.7 Å². The topological polar surface area (TPSA) is 32.3 Å². The molecule has 0 aliphatic carbocycles. The molecule has 1 saturated heterocycles. The maximum Gasteiger partial charge on any atom is 0.241 e. The minimum absolute atomic E-state index is 0.0810. The van der Waals surface area contributed by atoms with Crippen molar-refractivity contribution >= 4 is 5.91 Å². The number of hydrogen-bond acceptors (Lipinski definition) is 2. The number of carbonyl (C=O) groups excluding carboxylic acids is 1. The van der Waals surface area contributed by atoms with Gasteiger partial charge in [0.15, 0.2) is 0 Å². The van der Waals surface area contributed by atoms with Crippen LogP contribution >= 0.6 is 0 Å². The van der Waals surface area contributed by atoms with Crippen molar-refractivity contribution in [2.24, 2.45) is 5.92 Å². The average Bonchev–Trinajstić information content (AvgIpc) is 2.67. The van der Waals surface area contributed by atoms with E-state index in [1.165, 1.54) is 12.8 Å². The van der Waals surface area contributed by atoms with Crippen molar-refractivity contribution < 1.29 is 4.79 Å². The fourth-order valence-corrected chi connectivity index (χ4v) is 2.56. The van der Waals surface area contributed by atoms with Crippen LogP contribution in [0.4, 0.5) is 0 Å². The van der Waals surface area contributed by atoms with Gasteiger partial charge in [0.05, 0.1) is 12.7 Å². The Balaban J connectivity index is 2.31. The van der Waals surface area contributed by atoms with E-state index in [2.05, 4.69) is 33.0 Å². The molecule has 1 N–H and O–H groups in total. The van der Waals surface area contributed by atoms with E-state index in [-0.39, 0.29) is 6.04 Å². The van der Waals surface area contributed by atoms with Crippen molar-refractivity contribution in [1.82, 2.24) is 10.2 Å². The molecule has 1 amide bonds. The summed E-state index contributed by atoms with van der Waals surface area (Å²) in [7, 11) is 0. The number of unbranched alkanes of at least 4 members (excludes halogenated alkanes) is 1. The maximum atomic E-state index is 12.2. The number of nitrogens with one attached hydrogen (secondary N) is 1. The number of hydrogen-bond donors (Lipinski definition) is 1. The highest BCUT2D eigenvalue weighted by molar-refractivity contribution is 5.83. The molecule has 1 heterocycles.